The Labute approximate surface area is 101 Å². The second-order valence-corrected chi connectivity index (χ2v) is 3.92. The van der Waals surface area contributed by atoms with Crippen LogP contribution in [0.4, 0.5) is 5.69 Å². The maximum atomic E-state index is 11.8. The third kappa shape index (κ3) is 1.97. The second-order valence-electron chi connectivity index (χ2n) is 3.54. The lowest BCUT2D eigenvalue weighted by molar-refractivity contribution is 0.0815. The molecule has 0 aromatic carbocycles. The third-order valence-electron chi connectivity index (χ3n) is 2.39. The number of nitrogens with zero attached hydrogens (tertiary/aromatic N) is 2. The summed E-state index contributed by atoms with van der Waals surface area (Å²) < 4.78 is 0.913. The van der Waals surface area contributed by atoms with Crippen LogP contribution in [0.1, 0.15) is 0 Å². The van der Waals surface area contributed by atoms with Gasteiger partial charge in [-0.25, -0.2) is 0 Å². The number of hydrogen-bond acceptors (Lipinski definition) is 5. The zero-order chi connectivity index (χ0) is 12.6. The van der Waals surface area contributed by atoms with Crippen molar-refractivity contribution in [3.05, 3.63) is 39.8 Å². The van der Waals surface area contributed by atoms with E-state index in [4.69, 9.17) is 17.3 Å². The fourth-order valence-electron chi connectivity index (χ4n) is 1.47. The van der Waals surface area contributed by atoms with Crippen molar-refractivity contribution in [3.63, 3.8) is 0 Å². The van der Waals surface area contributed by atoms with Gasteiger partial charge >= 0.3 is 0 Å². The van der Waals surface area contributed by atoms with Gasteiger partial charge in [0.1, 0.15) is 17.2 Å². The lowest BCUT2D eigenvalue weighted by atomic mass is 10.1. The van der Waals surface area contributed by atoms with Crippen LogP contribution in [0, 0.1) is 0 Å². The van der Waals surface area contributed by atoms with E-state index in [1.54, 1.807) is 0 Å². The largest absolute Gasteiger partial charge is 0.396 e. The lowest BCUT2D eigenvalue weighted by Gasteiger charge is -2.21. The summed E-state index contributed by atoms with van der Waals surface area (Å²) in [6, 6.07) is 0. The predicted octanol–water partition coefficient (Wildman–Crippen LogP) is -0.389. The highest BCUT2D eigenvalue weighted by Gasteiger charge is 2.24. The standard InChI is InChI=1S/C10H10ClN3O3/c11-8-5(12)4-13-14(10(8)17)6-2-1-3-7(15)9(6)16/h1-4,7,9,15-16H,12H2/t7-,9+/m1/s1. The highest BCUT2D eigenvalue weighted by molar-refractivity contribution is 6.32. The van der Waals surface area contributed by atoms with Crippen LogP contribution >= 0.6 is 11.6 Å². The van der Waals surface area contributed by atoms with Crippen LogP contribution in [-0.2, 0) is 0 Å². The van der Waals surface area contributed by atoms with Crippen molar-refractivity contribution in [2.75, 3.05) is 5.73 Å². The Bertz CT molecular complexity index is 564. The van der Waals surface area contributed by atoms with E-state index in [0.29, 0.717) is 0 Å². The molecule has 0 saturated carbocycles. The molecule has 0 radical (unpaired) electrons. The van der Waals surface area contributed by atoms with Gasteiger partial charge in [-0.3, -0.25) is 4.79 Å². The summed E-state index contributed by atoms with van der Waals surface area (Å²) in [6.45, 7) is 0. The molecule has 1 aromatic heterocycles. The number of nitrogen functional groups attached to an aromatic ring is 1. The number of anilines is 1. The SMILES string of the molecule is Nc1cnn(C2=CC=C[C@@H](O)[C@H]2O)c(=O)c1Cl. The minimum atomic E-state index is -1.23. The topological polar surface area (TPSA) is 101 Å². The van der Waals surface area contributed by atoms with Gasteiger partial charge in [-0.15, -0.1) is 0 Å². The maximum Gasteiger partial charge on any atom is 0.292 e. The molecule has 0 unspecified atom stereocenters. The summed E-state index contributed by atoms with van der Waals surface area (Å²) in [5, 5.41) is 22.8. The fourth-order valence-corrected chi connectivity index (χ4v) is 1.60. The Balaban J connectivity index is 2.56. The van der Waals surface area contributed by atoms with Crippen molar-refractivity contribution in [2.45, 2.75) is 12.2 Å². The summed E-state index contributed by atoms with van der Waals surface area (Å²) in [6.07, 6.45) is 3.29. The smallest absolute Gasteiger partial charge is 0.292 e. The molecule has 2 rings (SSSR count). The second kappa shape index (κ2) is 4.33. The van der Waals surface area contributed by atoms with Crippen LogP contribution in [0.3, 0.4) is 0 Å². The molecular weight excluding hydrogens is 246 g/mol. The molecule has 0 spiro atoms. The van der Waals surface area contributed by atoms with Gasteiger partial charge < -0.3 is 15.9 Å². The van der Waals surface area contributed by atoms with Crippen LogP contribution in [0.2, 0.25) is 5.02 Å². The molecule has 1 heterocycles. The summed E-state index contributed by atoms with van der Waals surface area (Å²) in [4.78, 5) is 11.8. The number of aliphatic hydroxyl groups excluding tert-OH is 2. The van der Waals surface area contributed by atoms with Gasteiger partial charge in [0.2, 0.25) is 0 Å². The van der Waals surface area contributed by atoms with Gasteiger partial charge in [0, 0.05) is 0 Å². The number of nitrogens with two attached hydrogens (primary N) is 1. The van der Waals surface area contributed by atoms with Crippen molar-refractivity contribution in [1.29, 1.82) is 0 Å². The minimum absolute atomic E-state index is 0.0647. The Morgan fingerprint density at radius 3 is 2.88 bits per heavy atom. The van der Waals surface area contributed by atoms with Crippen molar-refractivity contribution in [3.8, 4) is 0 Å². The number of allylic oxidation sites excluding steroid dienone is 2. The zero-order valence-corrected chi connectivity index (χ0v) is 9.37. The van der Waals surface area contributed by atoms with Crippen molar-refractivity contribution in [1.82, 2.24) is 9.78 Å². The molecule has 0 fully saturated rings. The molecule has 1 aromatic rings. The first-order valence-electron chi connectivity index (χ1n) is 4.80. The first-order chi connectivity index (χ1) is 8.02. The van der Waals surface area contributed by atoms with Gasteiger partial charge in [-0.2, -0.15) is 9.78 Å². The molecule has 1 aliphatic rings. The van der Waals surface area contributed by atoms with Crippen molar-refractivity contribution >= 4 is 23.0 Å². The van der Waals surface area contributed by atoms with E-state index in [2.05, 4.69) is 5.10 Å². The van der Waals surface area contributed by atoms with Gasteiger partial charge in [-0.1, -0.05) is 23.8 Å². The van der Waals surface area contributed by atoms with Gasteiger partial charge in [0.25, 0.3) is 5.56 Å². The van der Waals surface area contributed by atoms with Crippen molar-refractivity contribution in [2.24, 2.45) is 0 Å². The van der Waals surface area contributed by atoms with Gasteiger partial charge in [-0.05, 0) is 6.08 Å². The van der Waals surface area contributed by atoms with E-state index >= 15 is 0 Å². The molecule has 0 aliphatic heterocycles. The molecule has 0 amide bonds. The van der Waals surface area contributed by atoms with E-state index in [1.165, 1.54) is 24.4 Å². The molecule has 4 N–H and O–H groups in total. The Morgan fingerprint density at radius 2 is 2.18 bits per heavy atom. The molecule has 17 heavy (non-hydrogen) atoms. The number of aromatic nitrogens is 2. The van der Waals surface area contributed by atoms with Crippen molar-refractivity contribution < 1.29 is 10.2 Å². The maximum absolute atomic E-state index is 11.8. The molecule has 0 saturated heterocycles. The number of halogens is 1. The average molecular weight is 256 g/mol. The summed E-state index contributed by atoms with van der Waals surface area (Å²) in [7, 11) is 0. The first kappa shape index (κ1) is 11.8. The van der Waals surface area contributed by atoms with E-state index in [1.807, 2.05) is 0 Å². The Kier molecular flexibility index (Phi) is 3.01. The third-order valence-corrected chi connectivity index (χ3v) is 2.77. The van der Waals surface area contributed by atoms with Crippen LogP contribution in [0.15, 0.2) is 29.2 Å². The summed E-state index contributed by atoms with van der Waals surface area (Å²) in [5.74, 6) is 0. The highest BCUT2D eigenvalue weighted by atomic mass is 35.5. The first-order valence-corrected chi connectivity index (χ1v) is 5.18. The fraction of sp³-hybridized carbons (Fsp3) is 0.200. The molecule has 6 nitrogen and oxygen atoms in total. The van der Waals surface area contributed by atoms with Crippen LogP contribution in [0.25, 0.3) is 5.70 Å². The zero-order valence-electron chi connectivity index (χ0n) is 8.62. The van der Waals surface area contributed by atoms with E-state index < -0.39 is 17.8 Å². The van der Waals surface area contributed by atoms with Gasteiger partial charge in [0.05, 0.1) is 17.6 Å². The average Bonchev–Trinajstić information content (AvgIpc) is 2.31. The van der Waals surface area contributed by atoms with Crippen LogP contribution in [0.5, 0.6) is 0 Å². The lowest BCUT2D eigenvalue weighted by Crippen LogP contribution is -2.35. The highest BCUT2D eigenvalue weighted by Crippen LogP contribution is 2.18. The number of rotatable bonds is 1. The number of aliphatic hydroxyl groups is 2. The molecule has 2 atom stereocenters. The van der Waals surface area contributed by atoms with E-state index in [0.717, 1.165) is 4.68 Å². The minimum Gasteiger partial charge on any atom is -0.396 e. The predicted molar refractivity (Wildman–Crippen MR) is 63.3 cm³/mol. The van der Waals surface area contributed by atoms with Crippen LogP contribution in [-0.4, -0.2) is 32.2 Å². The summed E-state index contributed by atoms with van der Waals surface area (Å²) in [5.41, 5.74) is 5.00. The number of hydrogen-bond donors (Lipinski definition) is 3. The Hall–Kier alpha value is -1.63. The quantitative estimate of drug-likeness (QED) is 0.635. The van der Waals surface area contributed by atoms with Gasteiger partial charge in [0.15, 0.2) is 0 Å². The Morgan fingerprint density at radius 1 is 1.47 bits per heavy atom. The van der Waals surface area contributed by atoms with E-state index in [9.17, 15) is 15.0 Å². The monoisotopic (exact) mass is 255 g/mol. The van der Waals surface area contributed by atoms with Crippen LogP contribution < -0.4 is 11.3 Å². The molecule has 7 heteroatoms. The molecule has 1 aliphatic carbocycles. The van der Waals surface area contributed by atoms with E-state index in [-0.39, 0.29) is 16.4 Å². The molecular formula is C10H10ClN3O3. The summed E-state index contributed by atoms with van der Waals surface area (Å²) >= 11 is 5.70. The molecule has 90 valence electrons. The molecule has 0 bridgehead atoms. The normalized spacial score (nSPS) is 23.6.